The maximum absolute atomic E-state index is 5.98. The van der Waals surface area contributed by atoms with Gasteiger partial charge in [-0.3, -0.25) is 0 Å². The number of benzene rings is 2. The molecular weight excluding hydrogens is 312 g/mol. The van der Waals surface area contributed by atoms with E-state index in [0.717, 1.165) is 11.3 Å². The van der Waals surface area contributed by atoms with Crippen LogP contribution in [-0.4, -0.2) is 10.9 Å². The average molecular weight is 332 g/mol. The van der Waals surface area contributed by atoms with E-state index in [1.165, 1.54) is 5.56 Å². The number of anilines is 1. The molecule has 0 aliphatic heterocycles. The normalized spacial score (nSPS) is 11.2. The van der Waals surface area contributed by atoms with E-state index in [-0.39, 0.29) is 5.96 Å². The van der Waals surface area contributed by atoms with Gasteiger partial charge in [-0.15, -0.1) is 0 Å². The van der Waals surface area contributed by atoms with Gasteiger partial charge in [0.05, 0.1) is 0 Å². The summed E-state index contributed by atoms with van der Waals surface area (Å²) in [4.78, 5) is 8.60. The Morgan fingerprint density at radius 3 is 2.60 bits per heavy atom. The summed E-state index contributed by atoms with van der Waals surface area (Å²) in [5.41, 5.74) is 9.15. The molecule has 5 heteroatoms. The van der Waals surface area contributed by atoms with E-state index in [0.29, 0.717) is 18.2 Å². The summed E-state index contributed by atoms with van der Waals surface area (Å²) in [6, 6.07) is 21.4. The lowest BCUT2D eigenvalue weighted by Crippen LogP contribution is -2.22. The molecule has 0 bridgehead atoms. The van der Waals surface area contributed by atoms with Crippen molar-refractivity contribution in [1.82, 2.24) is 4.98 Å². The van der Waals surface area contributed by atoms with E-state index in [1.54, 1.807) is 6.20 Å². The molecule has 3 aromatic rings. The van der Waals surface area contributed by atoms with Crippen LogP contribution in [-0.2, 0) is 6.61 Å². The number of ether oxygens (including phenoxy) is 1. The van der Waals surface area contributed by atoms with Crippen molar-refractivity contribution in [1.29, 1.82) is 0 Å². The van der Waals surface area contributed by atoms with Gasteiger partial charge >= 0.3 is 0 Å². The number of nitrogens with zero attached hydrogens (tertiary/aromatic N) is 2. The van der Waals surface area contributed by atoms with Gasteiger partial charge in [0, 0.05) is 11.9 Å². The first kappa shape index (κ1) is 16.5. The molecule has 0 saturated heterocycles. The number of para-hydroxylation sites is 1. The van der Waals surface area contributed by atoms with Gasteiger partial charge < -0.3 is 15.8 Å². The fourth-order valence-electron chi connectivity index (χ4n) is 2.32. The Kier molecular flexibility index (Phi) is 5.26. The molecular formula is C20H20N4O. The van der Waals surface area contributed by atoms with Crippen molar-refractivity contribution in [2.75, 3.05) is 5.32 Å². The van der Waals surface area contributed by atoms with Crippen LogP contribution < -0.4 is 15.8 Å². The Bertz CT molecular complexity index is 862. The lowest BCUT2D eigenvalue weighted by Gasteiger charge is -2.10. The van der Waals surface area contributed by atoms with E-state index in [2.05, 4.69) is 28.3 Å². The third kappa shape index (κ3) is 4.57. The monoisotopic (exact) mass is 332 g/mol. The number of nitrogens with two attached hydrogens (primary N) is 1. The molecule has 0 aliphatic rings. The van der Waals surface area contributed by atoms with Crippen LogP contribution in [0.3, 0.4) is 0 Å². The first-order chi connectivity index (χ1) is 12.2. The zero-order chi connectivity index (χ0) is 17.5. The molecule has 126 valence electrons. The predicted molar refractivity (Wildman–Crippen MR) is 101 cm³/mol. The van der Waals surface area contributed by atoms with Crippen molar-refractivity contribution in [3.63, 3.8) is 0 Å². The van der Waals surface area contributed by atoms with Gasteiger partial charge in [-0.2, -0.15) is 4.99 Å². The zero-order valence-corrected chi connectivity index (χ0v) is 14.0. The predicted octanol–water partition coefficient (Wildman–Crippen LogP) is 4.03. The number of aliphatic imine (C=N–C) groups is 1. The van der Waals surface area contributed by atoms with Gasteiger partial charge in [0.25, 0.3) is 0 Å². The Morgan fingerprint density at radius 2 is 1.80 bits per heavy atom. The second-order valence-electron chi connectivity index (χ2n) is 5.53. The van der Waals surface area contributed by atoms with E-state index in [9.17, 15) is 0 Å². The van der Waals surface area contributed by atoms with Crippen LogP contribution in [0.5, 0.6) is 5.75 Å². The third-order valence-corrected chi connectivity index (χ3v) is 3.67. The first-order valence-corrected chi connectivity index (χ1v) is 8.01. The standard InChI is InChI=1S/C20H20N4O/c1-15-8-5-6-9-16(15)14-25-18-12-7-13-22-19(18)24-20(21)23-17-10-3-2-4-11-17/h2-13H,14H2,1H3,(H3,21,22,23,24). The maximum Gasteiger partial charge on any atom is 0.200 e. The van der Waals surface area contributed by atoms with Crippen LogP contribution in [0.15, 0.2) is 77.9 Å². The molecule has 0 atom stereocenters. The number of aryl methyl sites for hydroxylation is 1. The fraction of sp³-hybridized carbons (Fsp3) is 0.100. The molecule has 3 rings (SSSR count). The number of nitrogens with one attached hydrogen (secondary N) is 1. The van der Waals surface area contributed by atoms with E-state index in [4.69, 9.17) is 10.5 Å². The van der Waals surface area contributed by atoms with E-state index < -0.39 is 0 Å². The minimum Gasteiger partial charge on any atom is -0.485 e. The van der Waals surface area contributed by atoms with Crippen molar-refractivity contribution >= 4 is 17.5 Å². The molecule has 0 amide bonds. The molecule has 0 aliphatic carbocycles. The Hall–Kier alpha value is -3.34. The summed E-state index contributed by atoms with van der Waals surface area (Å²) >= 11 is 0. The van der Waals surface area contributed by atoms with Gasteiger partial charge in [-0.1, -0.05) is 42.5 Å². The Balaban J connectivity index is 1.74. The fourth-order valence-corrected chi connectivity index (χ4v) is 2.32. The van der Waals surface area contributed by atoms with Crippen LogP contribution >= 0.6 is 0 Å². The molecule has 0 unspecified atom stereocenters. The summed E-state index contributed by atoms with van der Waals surface area (Å²) < 4.78 is 5.90. The minimum atomic E-state index is 0.255. The van der Waals surface area contributed by atoms with Gasteiger partial charge in [-0.05, 0) is 42.3 Å². The number of guanidine groups is 1. The highest BCUT2D eigenvalue weighted by Crippen LogP contribution is 2.25. The smallest absolute Gasteiger partial charge is 0.200 e. The molecule has 3 N–H and O–H groups in total. The Labute approximate surface area is 147 Å². The number of hydrogen-bond acceptors (Lipinski definition) is 3. The Morgan fingerprint density at radius 1 is 1.04 bits per heavy atom. The summed E-state index contributed by atoms with van der Waals surface area (Å²) in [5, 5.41) is 3.03. The molecule has 5 nitrogen and oxygen atoms in total. The highest BCUT2D eigenvalue weighted by Gasteiger charge is 2.06. The topological polar surface area (TPSA) is 72.5 Å². The van der Waals surface area contributed by atoms with Crippen molar-refractivity contribution in [3.05, 3.63) is 84.1 Å². The van der Waals surface area contributed by atoms with E-state index in [1.807, 2.05) is 60.7 Å². The van der Waals surface area contributed by atoms with Crippen LogP contribution in [0.2, 0.25) is 0 Å². The molecule has 2 aromatic carbocycles. The average Bonchev–Trinajstić information content (AvgIpc) is 2.63. The maximum atomic E-state index is 5.98. The molecule has 0 spiro atoms. The highest BCUT2D eigenvalue weighted by molar-refractivity contribution is 5.94. The second kappa shape index (κ2) is 7.97. The summed E-state index contributed by atoms with van der Waals surface area (Å²) in [7, 11) is 0. The van der Waals surface area contributed by atoms with Crippen LogP contribution in [0.25, 0.3) is 0 Å². The lowest BCUT2D eigenvalue weighted by atomic mass is 10.1. The largest absolute Gasteiger partial charge is 0.485 e. The summed E-state index contributed by atoms with van der Waals surface area (Å²) in [5.74, 6) is 1.28. The summed E-state index contributed by atoms with van der Waals surface area (Å²) in [6.45, 7) is 2.51. The van der Waals surface area contributed by atoms with E-state index >= 15 is 0 Å². The number of rotatable bonds is 5. The van der Waals surface area contributed by atoms with Crippen molar-refractivity contribution in [2.24, 2.45) is 10.7 Å². The molecule has 0 fully saturated rings. The van der Waals surface area contributed by atoms with Gasteiger partial charge in [0.15, 0.2) is 17.5 Å². The van der Waals surface area contributed by atoms with Gasteiger partial charge in [0.1, 0.15) is 6.61 Å². The lowest BCUT2D eigenvalue weighted by molar-refractivity contribution is 0.305. The van der Waals surface area contributed by atoms with Crippen LogP contribution in [0.1, 0.15) is 11.1 Å². The number of hydrogen-bond donors (Lipinski definition) is 2. The van der Waals surface area contributed by atoms with Crippen molar-refractivity contribution < 1.29 is 4.74 Å². The van der Waals surface area contributed by atoms with Crippen LogP contribution in [0.4, 0.5) is 11.5 Å². The van der Waals surface area contributed by atoms with Crippen molar-refractivity contribution in [2.45, 2.75) is 13.5 Å². The van der Waals surface area contributed by atoms with Crippen molar-refractivity contribution in [3.8, 4) is 5.75 Å². The molecule has 0 saturated carbocycles. The first-order valence-electron chi connectivity index (χ1n) is 8.01. The van der Waals surface area contributed by atoms with Crippen LogP contribution in [0, 0.1) is 6.92 Å². The highest BCUT2D eigenvalue weighted by atomic mass is 16.5. The molecule has 1 heterocycles. The SMILES string of the molecule is Cc1ccccc1COc1cccnc1/N=C(\N)Nc1ccccc1. The summed E-state index contributed by atoms with van der Waals surface area (Å²) in [6.07, 6.45) is 1.66. The zero-order valence-electron chi connectivity index (χ0n) is 14.0. The molecule has 0 radical (unpaired) electrons. The number of pyridine rings is 1. The van der Waals surface area contributed by atoms with Gasteiger partial charge in [0.2, 0.25) is 0 Å². The number of aromatic nitrogens is 1. The third-order valence-electron chi connectivity index (χ3n) is 3.67. The molecule has 1 aromatic heterocycles. The molecule has 25 heavy (non-hydrogen) atoms. The quantitative estimate of drug-likeness (QED) is 0.546. The second-order valence-corrected chi connectivity index (χ2v) is 5.53. The minimum absolute atomic E-state index is 0.255. The van der Waals surface area contributed by atoms with Gasteiger partial charge in [-0.25, -0.2) is 4.98 Å².